The number of benzene rings is 1. The summed E-state index contributed by atoms with van der Waals surface area (Å²) in [4.78, 5) is 15.9. The number of ether oxygens (including phenoxy) is 1. The summed E-state index contributed by atoms with van der Waals surface area (Å²) < 4.78 is 10.2. The average molecular weight is 523 g/mol. The molecule has 0 N–H and O–H groups in total. The molecule has 6 heterocycles. The number of fused-ring (bicyclic) bond motifs is 1. The smallest absolute Gasteiger partial charge is 0.234 e. The van der Waals surface area contributed by atoms with Crippen molar-refractivity contribution < 1.29 is 4.74 Å². The third-order valence-electron chi connectivity index (χ3n) is 7.19. The van der Waals surface area contributed by atoms with E-state index >= 15 is 0 Å². The van der Waals surface area contributed by atoms with Crippen LogP contribution in [0.25, 0.3) is 38.7 Å². The van der Waals surface area contributed by atoms with Crippen LogP contribution in [0.3, 0.4) is 0 Å². The molecule has 190 valence electrons. The molecule has 2 aliphatic rings. The summed E-state index contributed by atoms with van der Waals surface area (Å²) >= 11 is 1.60. The largest absolute Gasteiger partial charge is 0.373 e. The van der Waals surface area contributed by atoms with E-state index in [9.17, 15) is 0 Å². The van der Waals surface area contributed by atoms with Crippen molar-refractivity contribution in [2.45, 2.75) is 38.0 Å². The molecule has 38 heavy (non-hydrogen) atoms. The maximum atomic E-state index is 6.26. The van der Waals surface area contributed by atoms with Gasteiger partial charge in [0.05, 0.1) is 22.5 Å². The maximum absolute atomic E-state index is 6.26. The van der Waals surface area contributed by atoms with Gasteiger partial charge in [-0.2, -0.15) is 5.10 Å². The third-order valence-corrected chi connectivity index (χ3v) is 8.36. The molecule has 4 aromatic heterocycles. The number of imidazole rings is 1. The van der Waals surface area contributed by atoms with Gasteiger partial charge in [-0.05, 0) is 38.3 Å². The Balaban J connectivity index is 1.44. The van der Waals surface area contributed by atoms with Gasteiger partial charge in [0, 0.05) is 42.7 Å². The zero-order chi connectivity index (χ0) is 25.7. The average Bonchev–Trinajstić information content (AvgIpc) is 3.75. The summed E-state index contributed by atoms with van der Waals surface area (Å²) in [6.45, 7) is 2.73. The van der Waals surface area contributed by atoms with Gasteiger partial charge in [0.25, 0.3) is 0 Å². The predicted octanol–water partition coefficient (Wildman–Crippen LogP) is 6.05. The van der Waals surface area contributed by atoms with Crippen molar-refractivity contribution in [3.63, 3.8) is 0 Å². The number of rotatable bonds is 5. The van der Waals surface area contributed by atoms with E-state index in [1.54, 1.807) is 17.7 Å². The van der Waals surface area contributed by atoms with Crippen LogP contribution >= 0.6 is 11.3 Å². The van der Waals surface area contributed by atoms with E-state index in [2.05, 4.69) is 39.0 Å². The van der Waals surface area contributed by atoms with Crippen LogP contribution in [-0.4, -0.2) is 43.2 Å². The molecule has 0 aliphatic carbocycles. The summed E-state index contributed by atoms with van der Waals surface area (Å²) in [5.74, 6) is 0. The molecule has 0 radical (unpaired) electrons. The highest BCUT2D eigenvalue weighted by Crippen LogP contribution is 2.48. The molecule has 2 atom stereocenters. The van der Waals surface area contributed by atoms with Crippen LogP contribution in [0.4, 0.5) is 0 Å². The first kappa shape index (κ1) is 23.1. The fraction of sp³-hybridized carbons (Fsp3) is 0.286. The number of aryl methyl sites for hydroxylation is 2. The second-order valence-electron chi connectivity index (χ2n) is 9.70. The monoisotopic (exact) mass is 522 g/mol. The molecule has 9 nitrogen and oxygen atoms in total. The third kappa shape index (κ3) is 3.71. The number of pyridine rings is 1. The van der Waals surface area contributed by atoms with Crippen LogP contribution in [0.2, 0.25) is 0 Å². The lowest BCUT2D eigenvalue weighted by atomic mass is 9.93. The summed E-state index contributed by atoms with van der Waals surface area (Å²) in [5, 5.41) is 14.1. The van der Waals surface area contributed by atoms with Crippen LogP contribution in [0.5, 0.6) is 0 Å². The fourth-order valence-electron chi connectivity index (χ4n) is 5.33. The van der Waals surface area contributed by atoms with Crippen molar-refractivity contribution in [1.82, 2.24) is 24.1 Å². The van der Waals surface area contributed by atoms with Crippen molar-refractivity contribution in [3.05, 3.63) is 71.6 Å². The van der Waals surface area contributed by atoms with Crippen LogP contribution in [0.1, 0.15) is 29.8 Å². The van der Waals surface area contributed by atoms with E-state index < -0.39 is 5.66 Å². The first-order chi connectivity index (χ1) is 18.6. The Labute approximate surface area is 223 Å². The number of thiazole rings is 1. The van der Waals surface area contributed by atoms with E-state index in [0.717, 1.165) is 68.6 Å². The molecule has 10 heteroatoms. The molecule has 5 aromatic rings. The van der Waals surface area contributed by atoms with Crippen LogP contribution in [-0.2, 0) is 17.4 Å². The quantitative estimate of drug-likeness (QED) is 0.281. The van der Waals surface area contributed by atoms with Crippen molar-refractivity contribution in [1.29, 1.82) is 0 Å². The van der Waals surface area contributed by atoms with E-state index in [4.69, 9.17) is 24.8 Å². The van der Waals surface area contributed by atoms with Crippen molar-refractivity contribution in [3.8, 4) is 33.1 Å². The number of hydrogen-bond acceptors (Lipinski definition) is 8. The zero-order valence-electron chi connectivity index (χ0n) is 21.2. The molecular formula is C28H26N8OS. The van der Waals surface area contributed by atoms with Gasteiger partial charge in [-0.25, -0.2) is 15.0 Å². The standard InChI is InChI=1S/C28H26N8OS/c1-18-25(36-16-20(11-12-23(36)32-18)21-14-31-35(2)15-21)27-33-24(19-8-4-3-5-9-19)26(38-27)28(29-17-30-34-28)22-10-6-7-13-37-22/h3-5,8-9,11-12,14-17,22H,6-7,10,13H2,1-2H3. The van der Waals surface area contributed by atoms with E-state index in [0.29, 0.717) is 6.61 Å². The molecular weight excluding hydrogens is 496 g/mol. The van der Waals surface area contributed by atoms with Gasteiger partial charge in [-0.15, -0.1) is 21.6 Å². The molecule has 0 spiro atoms. The molecule has 0 bridgehead atoms. The van der Waals surface area contributed by atoms with Crippen molar-refractivity contribution in [2.24, 2.45) is 22.3 Å². The molecule has 0 amide bonds. The van der Waals surface area contributed by atoms with E-state index in [-0.39, 0.29) is 6.10 Å². The Morgan fingerprint density at radius 3 is 2.63 bits per heavy atom. The maximum Gasteiger partial charge on any atom is 0.234 e. The number of azo groups is 1. The van der Waals surface area contributed by atoms with Crippen molar-refractivity contribution in [2.75, 3.05) is 6.61 Å². The number of nitrogens with zero attached hydrogens (tertiary/aromatic N) is 8. The normalized spacial score (nSPS) is 21.1. The van der Waals surface area contributed by atoms with Gasteiger partial charge < -0.3 is 4.74 Å². The number of aromatic nitrogens is 5. The van der Waals surface area contributed by atoms with E-state index in [1.807, 2.05) is 55.3 Å². The molecule has 0 saturated carbocycles. The minimum Gasteiger partial charge on any atom is -0.373 e. The fourth-order valence-corrected chi connectivity index (χ4v) is 6.64. The topological polar surface area (TPSA) is 94.3 Å². The van der Waals surface area contributed by atoms with E-state index in [1.165, 1.54) is 0 Å². The Morgan fingerprint density at radius 1 is 1.00 bits per heavy atom. The zero-order valence-corrected chi connectivity index (χ0v) is 22.0. The van der Waals surface area contributed by atoms with Gasteiger partial charge in [0.2, 0.25) is 5.66 Å². The minimum absolute atomic E-state index is 0.185. The van der Waals surface area contributed by atoms with Crippen LogP contribution < -0.4 is 0 Å². The second-order valence-corrected chi connectivity index (χ2v) is 10.7. The molecule has 2 unspecified atom stereocenters. The van der Waals surface area contributed by atoms with Gasteiger partial charge in [-0.1, -0.05) is 30.3 Å². The summed E-state index contributed by atoms with van der Waals surface area (Å²) in [5.41, 5.74) is 5.78. The molecule has 7 rings (SSSR count). The molecule has 1 fully saturated rings. The highest BCUT2D eigenvalue weighted by atomic mass is 32.1. The summed E-state index contributed by atoms with van der Waals surface area (Å²) in [7, 11) is 1.92. The van der Waals surface area contributed by atoms with Crippen molar-refractivity contribution >= 4 is 23.3 Å². The lowest BCUT2D eigenvalue weighted by Crippen LogP contribution is -2.39. The predicted molar refractivity (Wildman–Crippen MR) is 147 cm³/mol. The lowest BCUT2D eigenvalue weighted by Gasteiger charge is -2.33. The SMILES string of the molecule is Cc1nc2ccc(-c3cnn(C)c3)cn2c1-c1nc(-c2ccccc2)c(C2(C3CCCCO3)N=CN=N2)s1. The van der Waals surface area contributed by atoms with Crippen LogP contribution in [0, 0.1) is 6.92 Å². The first-order valence-corrected chi connectivity index (χ1v) is 13.6. The molecule has 1 saturated heterocycles. The molecule has 2 aliphatic heterocycles. The van der Waals surface area contributed by atoms with Gasteiger partial charge >= 0.3 is 0 Å². The lowest BCUT2D eigenvalue weighted by molar-refractivity contribution is -0.0305. The first-order valence-electron chi connectivity index (χ1n) is 12.7. The number of hydrogen-bond donors (Lipinski definition) is 0. The van der Waals surface area contributed by atoms with Gasteiger partial charge in [-0.3, -0.25) is 9.08 Å². The molecule has 1 aromatic carbocycles. The van der Waals surface area contributed by atoms with Crippen LogP contribution in [0.15, 0.2) is 76.3 Å². The highest BCUT2D eigenvalue weighted by molar-refractivity contribution is 7.15. The Kier molecular flexibility index (Phi) is 5.52. The second kappa shape index (κ2) is 9.07. The highest BCUT2D eigenvalue weighted by Gasteiger charge is 2.48. The van der Waals surface area contributed by atoms with Gasteiger partial charge in [0.15, 0.2) is 0 Å². The number of aliphatic imine (C=N–C) groups is 1. The summed E-state index contributed by atoms with van der Waals surface area (Å²) in [6, 6.07) is 14.3. The van der Waals surface area contributed by atoms with Gasteiger partial charge in [0.1, 0.15) is 28.8 Å². The Morgan fingerprint density at radius 2 is 1.89 bits per heavy atom. The minimum atomic E-state index is -0.934. The Hall–Kier alpha value is -4.02. The Bertz CT molecular complexity index is 1680. The summed E-state index contributed by atoms with van der Waals surface area (Å²) in [6.07, 6.45) is 10.4.